The molecule has 4 heteroatoms. The first-order valence-electron chi connectivity index (χ1n) is 8.77. The number of esters is 1. The molecule has 0 radical (unpaired) electrons. The van der Waals surface area contributed by atoms with Gasteiger partial charge in [-0.1, -0.05) is 37.6 Å². The molecule has 0 fully saturated rings. The van der Waals surface area contributed by atoms with Gasteiger partial charge >= 0.3 is 5.97 Å². The van der Waals surface area contributed by atoms with Gasteiger partial charge in [-0.05, 0) is 36.6 Å². The smallest absolute Gasteiger partial charge is 0.338 e. The molecule has 25 heavy (non-hydrogen) atoms. The second-order valence-electron chi connectivity index (χ2n) is 6.26. The maximum Gasteiger partial charge on any atom is 0.338 e. The lowest BCUT2D eigenvalue weighted by Gasteiger charge is -2.25. The minimum Gasteiger partial charge on any atom is -0.462 e. The monoisotopic (exact) mass is 340 g/mol. The van der Waals surface area contributed by atoms with Crippen LogP contribution in [0.2, 0.25) is 0 Å². The largest absolute Gasteiger partial charge is 0.462 e. The minimum absolute atomic E-state index is 0.198. The molecule has 0 bridgehead atoms. The first-order valence-corrected chi connectivity index (χ1v) is 8.77. The molecule has 1 aliphatic heterocycles. The number of carbonyl (C=O) groups excluding carboxylic acids is 1. The highest BCUT2D eigenvalue weighted by Gasteiger charge is 2.28. The molecule has 132 valence electrons. The quantitative estimate of drug-likeness (QED) is 0.465. The van der Waals surface area contributed by atoms with Crippen LogP contribution >= 0.6 is 0 Å². The molecule has 2 aromatic rings. The summed E-state index contributed by atoms with van der Waals surface area (Å²) in [6.45, 7) is 4.43. The maximum atomic E-state index is 12.8. The van der Waals surface area contributed by atoms with Gasteiger partial charge in [0.2, 0.25) is 0 Å². The number of benzene rings is 2. The van der Waals surface area contributed by atoms with Gasteiger partial charge in [-0.25, -0.2) is 4.79 Å². The van der Waals surface area contributed by atoms with E-state index in [-0.39, 0.29) is 12.1 Å². The van der Waals surface area contributed by atoms with E-state index in [0.29, 0.717) is 24.3 Å². The zero-order valence-electron chi connectivity index (χ0n) is 15.0. The van der Waals surface area contributed by atoms with Crippen LogP contribution < -0.4 is 4.74 Å². The lowest BCUT2D eigenvalue weighted by Crippen LogP contribution is -2.17. The SMILES string of the molecule is CCCCOC(=O)c1c(C(C)OC)ccc2c1Cc1ccccc1O2. The summed E-state index contributed by atoms with van der Waals surface area (Å²) in [5.41, 5.74) is 3.37. The van der Waals surface area contributed by atoms with E-state index in [0.717, 1.165) is 35.3 Å². The highest BCUT2D eigenvalue weighted by Crippen LogP contribution is 2.40. The fraction of sp³-hybridized carbons (Fsp3) is 0.381. The van der Waals surface area contributed by atoms with Crippen LogP contribution in [0.1, 0.15) is 59.8 Å². The standard InChI is InChI=1S/C21H24O4/c1-4-5-12-24-21(22)20-16(14(2)23-3)10-11-19-17(20)13-15-8-6-7-9-18(15)25-19/h6-11,14H,4-5,12-13H2,1-3H3. The van der Waals surface area contributed by atoms with Gasteiger partial charge in [0.25, 0.3) is 0 Å². The Balaban J connectivity index is 2.03. The molecule has 0 N–H and O–H groups in total. The molecule has 4 nitrogen and oxygen atoms in total. The molecule has 1 unspecified atom stereocenters. The van der Waals surface area contributed by atoms with Crippen molar-refractivity contribution in [1.82, 2.24) is 0 Å². The molecule has 0 aromatic heterocycles. The lowest BCUT2D eigenvalue weighted by atomic mass is 9.91. The van der Waals surface area contributed by atoms with E-state index in [4.69, 9.17) is 14.2 Å². The number of para-hydroxylation sites is 1. The van der Waals surface area contributed by atoms with Crippen LogP contribution in [-0.2, 0) is 15.9 Å². The van der Waals surface area contributed by atoms with Crippen molar-refractivity contribution < 1.29 is 19.0 Å². The summed E-state index contributed by atoms with van der Waals surface area (Å²) in [6, 6.07) is 11.7. The summed E-state index contributed by atoms with van der Waals surface area (Å²) in [5.74, 6) is 1.26. The molecular formula is C21H24O4. The lowest BCUT2D eigenvalue weighted by molar-refractivity contribution is 0.0487. The number of carbonyl (C=O) groups is 1. The zero-order valence-corrected chi connectivity index (χ0v) is 15.0. The van der Waals surface area contributed by atoms with Crippen LogP contribution in [0.25, 0.3) is 0 Å². The predicted molar refractivity (Wildman–Crippen MR) is 96.4 cm³/mol. The molecule has 0 saturated heterocycles. The van der Waals surface area contributed by atoms with Gasteiger partial charge in [0, 0.05) is 19.1 Å². The predicted octanol–water partition coefficient (Wildman–Crippen LogP) is 5.05. The van der Waals surface area contributed by atoms with Gasteiger partial charge in [0.15, 0.2) is 0 Å². The van der Waals surface area contributed by atoms with E-state index in [1.807, 2.05) is 43.3 Å². The van der Waals surface area contributed by atoms with Crippen LogP contribution in [0.15, 0.2) is 36.4 Å². The number of methoxy groups -OCH3 is 1. The van der Waals surface area contributed by atoms with Crippen molar-refractivity contribution >= 4 is 5.97 Å². The van der Waals surface area contributed by atoms with Gasteiger partial charge in [-0.3, -0.25) is 0 Å². The number of fused-ring (bicyclic) bond motifs is 2. The molecule has 0 amide bonds. The Morgan fingerprint density at radius 1 is 1.20 bits per heavy atom. The summed E-state index contributed by atoms with van der Waals surface area (Å²) in [6.07, 6.45) is 2.29. The van der Waals surface area contributed by atoms with Crippen molar-refractivity contribution in [3.63, 3.8) is 0 Å². The first kappa shape index (κ1) is 17.5. The molecule has 0 saturated carbocycles. The van der Waals surface area contributed by atoms with E-state index in [2.05, 4.69) is 6.92 Å². The topological polar surface area (TPSA) is 44.8 Å². The molecule has 1 atom stereocenters. The number of unbranched alkanes of at least 4 members (excludes halogenated alkanes) is 1. The minimum atomic E-state index is -0.299. The van der Waals surface area contributed by atoms with E-state index in [9.17, 15) is 4.79 Å². The van der Waals surface area contributed by atoms with E-state index in [1.165, 1.54) is 0 Å². The normalized spacial score (nSPS) is 13.4. The third-order valence-corrected chi connectivity index (χ3v) is 4.59. The second kappa shape index (κ2) is 7.70. The van der Waals surface area contributed by atoms with Crippen molar-refractivity contribution in [1.29, 1.82) is 0 Å². The molecular weight excluding hydrogens is 316 g/mol. The Kier molecular flexibility index (Phi) is 5.39. The highest BCUT2D eigenvalue weighted by molar-refractivity contribution is 5.94. The fourth-order valence-corrected chi connectivity index (χ4v) is 3.06. The zero-order chi connectivity index (χ0) is 17.8. The van der Waals surface area contributed by atoms with Crippen LogP contribution in [0, 0.1) is 0 Å². The molecule has 2 aromatic carbocycles. The molecule has 1 heterocycles. The number of hydrogen-bond donors (Lipinski definition) is 0. The highest BCUT2D eigenvalue weighted by atomic mass is 16.5. The first-order chi connectivity index (χ1) is 12.2. The van der Waals surface area contributed by atoms with Crippen molar-refractivity contribution in [2.75, 3.05) is 13.7 Å². The second-order valence-corrected chi connectivity index (χ2v) is 6.26. The Labute approximate surface area is 148 Å². The average molecular weight is 340 g/mol. The Hall–Kier alpha value is -2.33. The number of rotatable bonds is 6. The Morgan fingerprint density at radius 2 is 2.00 bits per heavy atom. The summed E-state index contributed by atoms with van der Waals surface area (Å²) >= 11 is 0. The molecule has 0 aliphatic carbocycles. The summed E-state index contributed by atoms with van der Waals surface area (Å²) in [5, 5.41) is 0. The number of ether oxygens (including phenoxy) is 3. The van der Waals surface area contributed by atoms with Crippen LogP contribution in [-0.4, -0.2) is 19.7 Å². The van der Waals surface area contributed by atoms with Gasteiger partial charge in [0.1, 0.15) is 11.5 Å². The van der Waals surface area contributed by atoms with Crippen molar-refractivity contribution in [3.8, 4) is 11.5 Å². The van der Waals surface area contributed by atoms with Gasteiger partial charge in [-0.15, -0.1) is 0 Å². The van der Waals surface area contributed by atoms with Crippen LogP contribution in [0.4, 0.5) is 0 Å². The van der Waals surface area contributed by atoms with Crippen molar-refractivity contribution in [2.45, 2.75) is 39.2 Å². The van der Waals surface area contributed by atoms with Crippen molar-refractivity contribution in [3.05, 3.63) is 58.7 Å². The third-order valence-electron chi connectivity index (χ3n) is 4.59. The van der Waals surface area contributed by atoms with Crippen LogP contribution in [0.3, 0.4) is 0 Å². The van der Waals surface area contributed by atoms with Gasteiger partial charge in [-0.2, -0.15) is 0 Å². The maximum absolute atomic E-state index is 12.8. The van der Waals surface area contributed by atoms with Crippen molar-refractivity contribution in [2.24, 2.45) is 0 Å². The molecule has 1 aliphatic rings. The van der Waals surface area contributed by atoms with E-state index >= 15 is 0 Å². The van der Waals surface area contributed by atoms with E-state index in [1.54, 1.807) is 7.11 Å². The van der Waals surface area contributed by atoms with Crippen LogP contribution in [0.5, 0.6) is 11.5 Å². The Morgan fingerprint density at radius 3 is 2.76 bits per heavy atom. The number of hydrogen-bond acceptors (Lipinski definition) is 4. The summed E-state index contributed by atoms with van der Waals surface area (Å²) in [7, 11) is 1.64. The average Bonchev–Trinajstić information content (AvgIpc) is 2.64. The third kappa shape index (κ3) is 3.54. The fourth-order valence-electron chi connectivity index (χ4n) is 3.06. The summed E-state index contributed by atoms with van der Waals surface area (Å²) < 4.78 is 17.0. The summed E-state index contributed by atoms with van der Waals surface area (Å²) in [4.78, 5) is 12.8. The molecule has 0 spiro atoms. The van der Waals surface area contributed by atoms with E-state index < -0.39 is 0 Å². The van der Waals surface area contributed by atoms with Gasteiger partial charge in [0.05, 0.1) is 18.3 Å². The van der Waals surface area contributed by atoms with Gasteiger partial charge < -0.3 is 14.2 Å². The Bertz CT molecular complexity index is 766. The molecule has 3 rings (SSSR count).